The number of nitrogens with zero attached hydrogens (tertiary/aromatic N) is 4. The second-order valence-electron chi connectivity index (χ2n) is 10.3. The molecule has 1 atom stereocenters. The molecule has 1 fully saturated rings. The number of aliphatic hydroxyl groups is 1. The molecule has 1 saturated heterocycles. The first kappa shape index (κ1) is 24.3. The van der Waals surface area contributed by atoms with Crippen molar-refractivity contribution in [2.45, 2.75) is 39.0 Å². The van der Waals surface area contributed by atoms with Gasteiger partial charge in [-0.2, -0.15) is 0 Å². The van der Waals surface area contributed by atoms with Crippen molar-refractivity contribution in [3.05, 3.63) is 71.4 Å². The van der Waals surface area contributed by atoms with Gasteiger partial charge in [0, 0.05) is 31.4 Å². The Morgan fingerprint density at radius 1 is 1.18 bits per heavy atom. The van der Waals surface area contributed by atoms with Crippen molar-refractivity contribution in [2.75, 3.05) is 29.9 Å². The zero-order chi connectivity index (χ0) is 26.6. The van der Waals surface area contributed by atoms with Crippen LogP contribution in [0.15, 0.2) is 48.9 Å². The van der Waals surface area contributed by atoms with Crippen molar-refractivity contribution in [1.82, 2.24) is 19.7 Å². The van der Waals surface area contributed by atoms with Crippen molar-refractivity contribution in [3.63, 3.8) is 0 Å². The van der Waals surface area contributed by atoms with E-state index in [-0.39, 0.29) is 23.5 Å². The van der Waals surface area contributed by atoms with Gasteiger partial charge in [0.2, 0.25) is 0 Å². The van der Waals surface area contributed by atoms with Gasteiger partial charge in [-0.05, 0) is 56.2 Å². The molecule has 5 heterocycles. The summed E-state index contributed by atoms with van der Waals surface area (Å²) in [5.74, 6) is 0.0657. The van der Waals surface area contributed by atoms with Gasteiger partial charge in [0.1, 0.15) is 11.9 Å². The molecule has 1 amide bonds. The molecule has 10 heteroatoms. The summed E-state index contributed by atoms with van der Waals surface area (Å²) in [6.07, 6.45) is 4.92. The number of amides is 1. The average Bonchev–Trinajstić information content (AvgIpc) is 3.51. The summed E-state index contributed by atoms with van der Waals surface area (Å²) in [4.78, 5) is 23.8. The molecule has 0 saturated carbocycles. The van der Waals surface area contributed by atoms with Crippen LogP contribution in [0.4, 0.5) is 21.6 Å². The first-order valence-electron chi connectivity index (χ1n) is 12.6. The van der Waals surface area contributed by atoms with Crippen LogP contribution in [0, 0.1) is 12.7 Å². The van der Waals surface area contributed by atoms with Crippen molar-refractivity contribution < 1.29 is 19.0 Å². The number of fused-ring (bicyclic) bond motifs is 2. The molecule has 1 aromatic carbocycles. The SMILES string of the molecule is Cc1ccn2c(-c3ccc(Nc4ccc(N5CCO[C@H](C(C)(C)O)C5)cn4)c4c3CNC4=O)cnc2c1F. The van der Waals surface area contributed by atoms with E-state index in [0.29, 0.717) is 48.9 Å². The molecule has 0 bridgehead atoms. The van der Waals surface area contributed by atoms with E-state index in [9.17, 15) is 14.3 Å². The number of aromatic nitrogens is 3. The zero-order valence-electron chi connectivity index (χ0n) is 21.5. The van der Waals surface area contributed by atoms with Gasteiger partial charge in [0.15, 0.2) is 11.5 Å². The fourth-order valence-corrected chi connectivity index (χ4v) is 5.10. The third-order valence-corrected chi connectivity index (χ3v) is 7.28. The third-order valence-electron chi connectivity index (χ3n) is 7.28. The largest absolute Gasteiger partial charge is 0.388 e. The highest BCUT2D eigenvalue weighted by Gasteiger charge is 2.33. The average molecular weight is 517 g/mol. The van der Waals surface area contributed by atoms with Gasteiger partial charge in [-0.15, -0.1) is 0 Å². The van der Waals surface area contributed by atoms with E-state index in [2.05, 4.69) is 25.5 Å². The lowest BCUT2D eigenvalue weighted by Crippen LogP contribution is -2.52. The minimum atomic E-state index is -0.933. The molecular formula is C28H29FN6O3. The van der Waals surface area contributed by atoms with Gasteiger partial charge in [-0.25, -0.2) is 14.4 Å². The quantitative estimate of drug-likeness (QED) is 0.371. The fourth-order valence-electron chi connectivity index (χ4n) is 5.10. The highest BCUT2D eigenvalue weighted by atomic mass is 19.1. The Kier molecular flexibility index (Phi) is 5.81. The molecule has 38 heavy (non-hydrogen) atoms. The standard InChI is InChI=1S/C28H29FN6O3/c1-16-8-9-35-21(14-31-26(35)25(16)29)18-5-6-20(24-19(18)13-32-27(24)36)33-23-7-4-17(12-30-23)34-10-11-38-22(15-34)28(2,3)37/h4-9,12,14,22,37H,10-11,13,15H2,1-3H3,(H,30,33)(H,32,36)/t22-/m0/s1. The molecule has 0 aliphatic carbocycles. The Morgan fingerprint density at radius 2 is 2.03 bits per heavy atom. The summed E-state index contributed by atoms with van der Waals surface area (Å²) in [6, 6.07) is 9.30. The predicted molar refractivity (Wildman–Crippen MR) is 142 cm³/mol. The Balaban J connectivity index is 1.28. The van der Waals surface area contributed by atoms with Crippen LogP contribution < -0.4 is 15.5 Å². The number of ether oxygens (including phenoxy) is 1. The Morgan fingerprint density at radius 3 is 2.79 bits per heavy atom. The number of anilines is 3. The van der Waals surface area contributed by atoms with Crippen LogP contribution in [-0.4, -0.2) is 56.8 Å². The minimum Gasteiger partial charge on any atom is -0.388 e. The highest BCUT2D eigenvalue weighted by Crippen LogP contribution is 2.36. The lowest BCUT2D eigenvalue weighted by molar-refractivity contribution is -0.0928. The zero-order valence-corrected chi connectivity index (χ0v) is 21.5. The van der Waals surface area contributed by atoms with Crippen molar-refractivity contribution in [3.8, 4) is 11.3 Å². The molecule has 3 N–H and O–H groups in total. The number of nitrogens with one attached hydrogen (secondary N) is 2. The number of benzene rings is 1. The fraction of sp³-hybridized carbons (Fsp3) is 0.321. The van der Waals surface area contributed by atoms with Crippen LogP contribution in [0.1, 0.15) is 35.3 Å². The van der Waals surface area contributed by atoms with Crippen LogP contribution in [0.3, 0.4) is 0 Å². The second-order valence-corrected chi connectivity index (χ2v) is 10.3. The normalized spacial score (nSPS) is 17.6. The topological polar surface area (TPSA) is 104 Å². The summed E-state index contributed by atoms with van der Waals surface area (Å²) in [7, 11) is 0. The van der Waals surface area contributed by atoms with Crippen LogP contribution in [0.25, 0.3) is 16.9 Å². The second kappa shape index (κ2) is 9.07. The van der Waals surface area contributed by atoms with Gasteiger partial charge in [-0.1, -0.05) is 6.07 Å². The first-order valence-corrected chi connectivity index (χ1v) is 12.6. The number of hydrogen-bond donors (Lipinski definition) is 3. The maximum atomic E-state index is 14.6. The minimum absolute atomic E-state index is 0.178. The molecule has 3 aromatic heterocycles. The molecule has 9 nitrogen and oxygen atoms in total. The lowest BCUT2D eigenvalue weighted by Gasteiger charge is -2.39. The molecule has 0 spiro atoms. The van der Waals surface area contributed by atoms with Gasteiger partial charge in [-0.3, -0.25) is 9.20 Å². The van der Waals surface area contributed by atoms with Crippen LogP contribution in [-0.2, 0) is 11.3 Å². The van der Waals surface area contributed by atoms with Gasteiger partial charge >= 0.3 is 0 Å². The third kappa shape index (κ3) is 4.15. The van der Waals surface area contributed by atoms with E-state index in [1.807, 2.05) is 24.3 Å². The molecule has 2 aliphatic rings. The molecule has 0 unspecified atom stereocenters. The maximum absolute atomic E-state index is 14.6. The number of hydrogen-bond acceptors (Lipinski definition) is 7. The number of carbonyl (C=O) groups is 1. The number of morpholine rings is 1. The number of halogens is 1. The van der Waals surface area contributed by atoms with E-state index in [0.717, 1.165) is 22.5 Å². The number of imidazole rings is 1. The number of pyridine rings is 2. The van der Waals surface area contributed by atoms with Crippen molar-refractivity contribution in [2.24, 2.45) is 0 Å². The summed E-state index contributed by atoms with van der Waals surface area (Å²) in [6.45, 7) is 7.39. The van der Waals surface area contributed by atoms with Crippen LogP contribution in [0.5, 0.6) is 0 Å². The van der Waals surface area contributed by atoms with Crippen LogP contribution >= 0.6 is 0 Å². The molecular weight excluding hydrogens is 487 g/mol. The summed E-state index contributed by atoms with van der Waals surface area (Å²) in [5.41, 5.74) is 4.32. The smallest absolute Gasteiger partial charge is 0.254 e. The lowest BCUT2D eigenvalue weighted by atomic mass is 9.99. The Labute approximate surface area is 219 Å². The number of rotatable bonds is 5. The van der Waals surface area contributed by atoms with Gasteiger partial charge in [0.05, 0.1) is 47.2 Å². The first-order chi connectivity index (χ1) is 18.2. The summed E-state index contributed by atoms with van der Waals surface area (Å²) >= 11 is 0. The van der Waals surface area contributed by atoms with E-state index in [1.54, 1.807) is 49.8 Å². The monoisotopic (exact) mass is 516 g/mol. The summed E-state index contributed by atoms with van der Waals surface area (Å²) in [5, 5.41) is 16.5. The van der Waals surface area contributed by atoms with Gasteiger partial charge in [0.25, 0.3) is 5.91 Å². The Bertz CT molecular complexity index is 1540. The number of carbonyl (C=O) groups excluding carboxylic acids is 1. The molecule has 4 aromatic rings. The highest BCUT2D eigenvalue weighted by molar-refractivity contribution is 6.06. The van der Waals surface area contributed by atoms with Crippen molar-refractivity contribution in [1.29, 1.82) is 0 Å². The molecule has 6 rings (SSSR count). The summed E-state index contributed by atoms with van der Waals surface area (Å²) < 4.78 is 22.0. The maximum Gasteiger partial charge on any atom is 0.254 e. The van der Waals surface area contributed by atoms with E-state index < -0.39 is 5.60 Å². The van der Waals surface area contributed by atoms with E-state index >= 15 is 0 Å². The van der Waals surface area contributed by atoms with Gasteiger partial charge < -0.3 is 25.4 Å². The Hall–Kier alpha value is -4.02. The molecule has 196 valence electrons. The van der Waals surface area contributed by atoms with Crippen molar-refractivity contribution >= 4 is 28.7 Å². The number of aryl methyl sites for hydroxylation is 1. The van der Waals surface area contributed by atoms with E-state index in [1.165, 1.54) is 0 Å². The molecule has 0 radical (unpaired) electrons. The van der Waals surface area contributed by atoms with Crippen LogP contribution in [0.2, 0.25) is 0 Å². The van der Waals surface area contributed by atoms with E-state index in [4.69, 9.17) is 4.74 Å². The molecule has 2 aliphatic heterocycles. The predicted octanol–water partition coefficient (Wildman–Crippen LogP) is 3.81.